The van der Waals surface area contributed by atoms with Gasteiger partial charge in [0.2, 0.25) is 11.8 Å². The molecule has 40 heavy (non-hydrogen) atoms. The van der Waals surface area contributed by atoms with E-state index in [1.165, 1.54) is 6.92 Å². The summed E-state index contributed by atoms with van der Waals surface area (Å²) < 4.78 is 122. The lowest BCUT2D eigenvalue weighted by molar-refractivity contribution is -0.376. The van der Waals surface area contributed by atoms with Crippen LogP contribution in [0.15, 0.2) is 47.4 Å². The van der Waals surface area contributed by atoms with E-state index in [9.17, 15) is 53.8 Å². The molecule has 8 nitrogen and oxygen atoms in total. The van der Waals surface area contributed by atoms with Crippen molar-refractivity contribution in [2.75, 3.05) is 17.4 Å². The van der Waals surface area contributed by atoms with E-state index in [1.54, 1.807) is 0 Å². The van der Waals surface area contributed by atoms with E-state index in [1.807, 2.05) is 0 Å². The van der Waals surface area contributed by atoms with Crippen LogP contribution in [0.2, 0.25) is 0 Å². The lowest BCUT2D eigenvalue weighted by Crippen LogP contribution is -2.54. The summed E-state index contributed by atoms with van der Waals surface area (Å²) in [4.78, 5) is 23.1. The number of amides is 2. The largest absolute Gasteiger partial charge is 0.430 e. The minimum Gasteiger partial charge on any atom is -0.369 e. The molecule has 0 fully saturated rings. The van der Waals surface area contributed by atoms with Crippen LogP contribution in [0.5, 0.6) is 0 Å². The zero-order valence-corrected chi connectivity index (χ0v) is 21.6. The van der Waals surface area contributed by atoms with Crippen LogP contribution in [-0.2, 0) is 31.6 Å². The van der Waals surface area contributed by atoms with Crippen LogP contribution < -0.4 is 14.9 Å². The van der Waals surface area contributed by atoms with Crippen molar-refractivity contribution < 1.29 is 53.8 Å². The van der Waals surface area contributed by atoms with Crippen molar-refractivity contribution in [3.63, 3.8) is 0 Å². The van der Waals surface area contributed by atoms with Gasteiger partial charge in [-0.15, -0.1) is 0 Å². The Labute approximate surface area is 224 Å². The normalized spacial score (nSPS) is 16.3. The molecule has 2 amide bonds. The maximum absolute atomic E-state index is 13.6. The number of aliphatic hydroxyl groups is 1. The van der Waals surface area contributed by atoms with Gasteiger partial charge in [0.05, 0.1) is 16.6 Å². The Morgan fingerprint density at radius 1 is 0.975 bits per heavy atom. The summed E-state index contributed by atoms with van der Waals surface area (Å²) in [5.41, 5.74) is -7.33. The molecule has 1 heterocycles. The first-order valence-corrected chi connectivity index (χ1v) is 13.1. The summed E-state index contributed by atoms with van der Waals surface area (Å²) >= 11 is 0. The molecule has 1 aliphatic rings. The third kappa shape index (κ3) is 6.16. The van der Waals surface area contributed by atoms with Gasteiger partial charge < -0.3 is 15.7 Å². The Kier molecular flexibility index (Phi) is 8.74. The number of nitrogens with zero attached hydrogens (tertiary/aromatic N) is 1. The number of fused-ring (bicyclic) bond motifs is 1. The topological polar surface area (TPSA) is 116 Å². The summed E-state index contributed by atoms with van der Waals surface area (Å²) in [7, 11) is -4.61. The molecule has 0 aromatic heterocycles. The molecular weight excluding hydrogens is 575 g/mol. The number of carbonyl (C=O) groups excluding carboxylic acids is 2. The fourth-order valence-corrected chi connectivity index (χ4v) is 6.02. The number of alkyl halides is 6. The molecule has 2 aromatic carbocycles. The number of anilines is 1. The maximum atomic E-state index is 13.6. The highest BCUT2D eigenvalue weighted by atomic mass is 32.2. The fraction of sp³-hybridized carbons (Fsp3) is 0.417. The Hall–Kier alpha value is -3.40. The first-order chi connectivity index (χ1) is 18.4. The number of benzene rings is 2. The Morgan fingerprint density at radius 2 is 1.55 bits per heavy atom. The number of hydrogen-bond donors (Lipinski definition) is 3. The highest BCUT2D eigenvalue weighted by Gasteiger charge is 2.71. The van der Waals surface area contributed by atoms with E-state index in [0.29, 0.717) is 22.5 Å². The van der Waals surface area contributed by atoms with E-state index in [-0.39, 0.29) is 43.1 Å². The van der Waals surface area contributed by atoms with Crippen molar-refractivity contribution in [3.05, 3.63) is 59.4 Å². The van der Waals surface area contributed by atoms with Crippen LogP contribution in [0.3, 0.4) is 0 Å². The van der Waals surface area contributed by atoms with Crippen LogP contribution in [0.4, 0.5) is 36.4 Å². The standard InChI is InChI=1S/C24H24F7N3O5S/c1-14(35)32-10-11-33-21(36)13-18-6-2-15-12-16(22(37,23(26,27)28)24(29,30)31)3-9-20(15)34(18)40(38,39)19-7-4-17(25)5-8-19/h3-5,7-9,12,18,37H,2,6,10-11,13H2,1H3,(H,32,35)(H,33,36)/t18-/m0/s1. The molecule has 0 saturated carbocycles. The molecule has 1 atom stereocenters. The molecule has 3 N–H and O–H groups in total. The van der Waals surface area contributed by atoms with Crippen LogP contribution >= 0.6 is 0 Å². The van der Waals surface area contributed by atoms with E-state index in [2.05, 4.69) is 10.6 Å². The molecule has 0 bridgehead atoms. The zero-order valence-electron chi connectivity index (χ0n) is 20.7. The summed E-state index contributed by atoms with van der Waals surface area (Å²) in [6, 6.07) is 3.87. The van der Waals surface area contributed by atoms with E-state index >= 15 is 0 Å². The van der Waals surface area contributed by atoms with Gasteiger partial charge in [-0.05, 0) is 48.7 Å². The van der Waals surface area contributed by atoms with Crippen molar-refractivity contribution in [2.24, 2.45) is 0 Å². The summed E-state index contributed by atoms with van der Waals surface area (Å²) in [5, 5.41) is 14.7. The Bertz CT molecular complexity index is 1350. The third-order valence-corrected chi connectivity index (χ3v) is 8.13. The average Bonchev–Trinajstić information content (AvgIpc) is 2.84. The molecule has 0 spiro atoms. The highest BCUT2D eigenvalue weighted by Crippen LogP contribution is 2.51. The van der Waals surface area contributed by atoms with Gasteiger partial charge in [-0.1, -0.05) is 12.1 Å². The van der Waals surface area contributed by atoms with Crippen molar-refractivity contribution in [3.8, 4) is 0 Å². The van der Waals surface area contributed by atoms with Gasteiger partial charge in [0.25, 0.3) is 15.6 Å². The van der Waals surface area contributed by atoms with Gasteiger partial charge in [-0.2, -0.15) is 26.3 Å². The monoisotopic (exact) mass is 599 g/mol. The molecule has 0 saturated heterocycles. The Balaban J connectivity index is 2.05. The first kappa shape index (κ1) is 31.1. The van der Waals surface area contributed by atoms with Crippen molar-refractivity contribution in [2.45, 2.75) is 55.1 Å². The van der Waals surface area contributed by atoms with Crippen molar-refractivity contribution >= 4 is 27.5 Å². The van der Waals surface area contributed by atoms with Gasteiger partial charge >= 0.3 is 12.4 Å². The SMILES string of the molecule is CC(=O)NCCNC(=O)C[C@@H]1CCc2cc(C(O)(C(F)(F)F)C(F)(F)F)ccc2N1S(=O)(=O)c1ccc(F)cc1. The maximum Gasteiger partial charge on any atom is 0.430 e. The van der Waals surface area contributed by atoms with Crippen molar-refractivity contribution in [1.82, 2.24) is 10.6 Å². The van der Waals surface area contributed by atoms with Crippen LogP contribution in [0.1, 0.15) is 30.9 Å². The Morgan fingerprint density at radius 3 is 2.10 bits per heavy atom. The second kappa shape index (κ2) is 11.2. The third-order valence-electron chi connectivity index (χ3n) is 6.25. The zero-order chi connectivity index (χ0) is 30.1. The lowest BCUT2D eigenvalue weighted by Gasteiger charge is -2.39. The van der Waals surface area contributed by atoms with Crippen LogP contribution in [0.25, 0.3) is 0 Å². The van der Waals surface area contributed by atoms with Gasteiger partial charge in [0.1, 0.15) is 5.82 Å². The number of carbonyl (C=O) groups is 2. The van der Waals surface area contributed by atoms with Gasteiger partial charge in [-0.25, -0.2) is 12.8 Å². The number of aryl methyl sites for hydroxylation is 1. The van der Waals surface area contributed by atoms with Gasteiger partial charge in [0.15, 0.2) is 0 Å². The smallest absolute Gasteiger partial charge is 0.369 e. The van der Waals surface area contributed by atoms with E-state index in [4.69, 9.17) is 0 Å². The summed E-state index contributed by atoms with van der Waals surface area (Å²) in [6.45, 7) is 1.34. The second-order valence-corrected chi connectivity index (χ2v) is 10.8. The first-order valence-electron chi connectivity index (χ1n) is 11.7. The van der Waals surface area contributed by atoms with Gasteiger partial charge in [0, 0.05) is 32.0 Å². The summed E-state index contributed by atoms with van der Waals surface area (Å²) in [6.07, 6.45) is -13.2. The molecule has 0 radical (unpaired) electrons. The number of rotatable bonds is 8. The predicted octanol–water partition coefficient (Wildman–Crippen LogP) is 3.29. The molecule has 1 aliphatic heterocycles. The minimum atomic E-state index is -6.15. The fourth-order valence-electron chi connectivity index (χ4n) is 4.31. The van der Waals surface area contributed by atoms with Gasteiger partial charge in [-0.3, -0.25) is 13.9 Å². The highest BCUT2D eigenvalue weighted by molar-refractivity contribution is 7.92. The van der Waals surface area contributed by atoms with Crippen LogP contribution in [-0.4, -0.2) is 56.8 Å². The quantitative estimate of drug-likeness (QED) is 0.318. The number of nitrogens with one attached hydrogen (secondary N) is 2. The second-order valence-electron chi connectivity index (χ2n) is 9.03. The molecule has 0 unspecified atom stereocenters. The van der Waals surface area contributed by atoms with E-state index in [0.717, 1.165) is 24.3 Å². The lowest BCUT2D eigenvalue weighted by atomic mass is 9.87. The van der Waals surface area contributed by atoms with E-state index < -0.39 is 62.6 Å². The molecule has 16 heteroatoms. The molecule has 3 rings (SSSR count). The number of halogens is 7. The van der Waals surface area contributed by atoms with Crippen LogP contribution in [0, 0.1) is 5.82 Å². The molecule has 0 aliphatic carbocycles. The number of sulfonamides is 1. The summed E-state index contributed by atoms with van der Waals surface area (Å²) in [5.74, 6) is -1.76. The molecular formula is C24H24F7N3O5S. The minimum absolute atomic E-state index is 0.00323. The molecule has 220 valence electrons. The molecule has 2 aromatic rings. The average molecular weight is 600 g/mol. The number of hydrogen-bond acceptors (Lipinski definition) is 5. The van der Waals surface area contributed by atoms with Crippen molar-refractivity contribution in [1.29, 1.82) is 0 Å². The predicted molar refractivity (Wildman–Crippen MR) is 127 cm³/mol.